The molecule has 2 aromatic carbocycles. The fraction of sp³-hybridized carbons (Fsp3) is 0.111. The maximum absolute atomic E-state index is 13.2. The molecule has 140 valence electrons. The first-order valence-corrected chi connectivity index (χ1v) is 10.7. The van der Waals surface area contributed by atoms with Crippen LogP contribution in [0.3, 0.4) is 0 Å². The molecular weight excluding hydrogens is 406 g/mol. The maximum Gasteiger partial charge on any atom is 0.266 e. The summed E-state index contributed by atoms with van der Waals surface area (Å²) in [6.07, 6.45) is 1.55. The van der Waals surface area contributed by atoms with E-state index in [0.717, 1.165) is 11.1 Å². The van der Waals surface area contributed by atoms with E-state index in [-0.39, 0.29) is 17.0 Å². The van der Waals surface area contributed by atoms with Crippen LogP contribution in [0.1, 0.15) is 21.5 Å². The Labute approximate surface area is 166 Å². The molecule has 6 nitrogen and oxygen atoms in total. The third-order valence-corrected chi connectivity index (χ3v) is 6.83. The number of hydrogen-bond acceptors (Lipinski definition) is 5. The predicted molar refractivity (Wildman–Crippen MR) is 106 cm³/mol. The molecule has 0 aliphatic heterocycles. The molecule has 1 aromatic heterocycles. The van der Waals surface area contributed by atoms with Crippen LogP contribution in [0.4, 0.5) is 5.13 Å². The largest absolute Gasteiger partial charge is 0.366 e. The lowest BCUT2D eigenvalue weighted by molar-refractivity contribution is 0.1000. The van der Waals surface area contributed by atoms with E-state index in [4.69, 9.17) is 17.3 Å². The Bertz CT molecular complexity index is 1020. The van der Waals surface area contributed by atoms with Crippen LogP contribution in [0.5, 0.6) is 0 Å². The summed E-state index contributed by atoms with van der Waals surface area (Å²) in [6, 6.07) is 12.9. The second kappa shape index (κ2) is 8.08. The maximum atomic E-state index is 13.2. The minimum atomic E-state index is -3.88. The number of hydrogen-bond donors (Lipinski definition) is 1. The third-order valence-electron chi connectivity index (χ3n) is 3.86. The number of halogens is 1. The highest BCUT2D eigenvalue weighted by atomic mass is 35.5. The van der Waals surface area contributed by atoms with E-state index in [0.29, 0.717) is 11.0 Å². The number of nitrogens with zero attached hydrogens (tertiary/aromatic N) is 2. The van der Waals surface area contributed by atoms with Crippen LogP contribution in [0.15, 0.2) is 65.0 Å². The molecule has 9 heteroatoms. The molecule has 3 rings (SSSR count). The average molecular weight is 422 g/mol. The van der Waals surface area contributed by atoms with E-state index in [2.05, 4.69) is 4.98 Å². The first kappa shape index (κ1) is 19.3. The molecule has 2 N–H and O–H groups in total. The molecule has 0 unspecified atom stereocenters. The average Bonchev–Trinajstić information content (AvgIpc) is 3.20. The van der Waals surface area contributed by atoms with E-state index in [1.165, 1.54) is 39.9 Å². The molecule has 27 heavy (non-hydrogen) atoms. The number of carbonyl (C=O) groups is 1. The zero-order chi connectivity index (χ0) is 19.4. The second-order valence-corrected chi connectivity index (χ2v) is 8.67. The van der Waals surface area contributed by atoms with Crippen LogP contribution in [0, 0.1) is 0 Å². The number of thiazole rings is 1. The van der Waals surface area contributed by atoms with E-state index < -0.39 is 15.9 Å². The van der Waals surface area contributed by atoms with Gasteiger partial charge in [-0.3, -0.25) is 4.79 Å². The Morgan fingerprint density at radius 3 is 2.22 bits per heavy atom. The summed E-state index contributed by atoms with van der Waals surface area (Å²) in [6.45, 7) is 0.121. The Kier molecular flexibility index (Phi) is 5.79. The van der Waals surface area contributed by atoms with Crippen molar-refractivity contribution in [2.75, 3.05) is 4.31 Å². The van der Waals surface area contributed by atoms with Gasteiger partial charge >= 0.3 is 0 Å². The quantitative estimate of drug-likeness (QED) is 0.592. The summed E-state index contributed by atoms with van der Waals surface area (Å²) in [5.41, 5.74) is 7.21. The summed E-state index contributed by atoms with van der Waals surface area (Å²) < 4.78 is 27.6. The summed E-state index contributed by atoms with van der Waals surface area (Å²) in [7, 11) is -3.88. The smallest absolute Gasteiger partial charge is 0.266 e. The fourth-order valence-electron chi connectivity index (χ4n) is 2.41. The summed E-state index contributed by atoms with van der Waals surface area (Å²) in [4.78, 5) is 15.4. The van der Waals surface area contributed by atoms with Crippen molar-refractivity contribution >= 4 is 44.0 Å². The molecule has 0 saturated heterocycles. The van der Waals surface area contributed by atoms with Crippen molar-refractivity contribution in [3.05, 3.63) is 76.8 Å². The molecule has 0 bridgehead atoms. The van der Waals surface area contributed by atoms with Crippen molar-refractivity contribution in [2.45, 2.75) is 17.3 Å². The van der Waals surface area contributed by atoms with Crippen LogP contribution in [0.2, 0.25) is 0 Å². The Morgan fingerprint density at radius 1 is 1.07 bits per heavy atom. The number of alkyl halides is 1. The third kappa shape index (κ3) is 4.29. The summed E-state index contributed by atoms with van der Waals surface area (Å²) in [5, 5.41) is 2.07. The monoisotopic (exact) mass is 421 g/mol. The Morgan fingerprint density at radius 2 is 1.70 bits per heavy atom. The molecule has 3 aromatic rings. The molecule has 0 aliphatic rings. The normalized spacial score (nSPS) is 11.3. The van der Waals surface area contributed by atoms with E-state index >= 15 is 0 Å². The number of nitrogens with two attached hydrogens (primary N) is 1. The van der Waals surface area contributed by atoms with Gasteiger partial charge in [0.25, 0.3) is 10.0 Å². The minimum absolute atomic E-state index is 0.0556. The molecule has 0 saturated carbocycles. The zero-order valence-corrected chi connectivity index (χ0v) is 16.5. The van der Waals surface area contributed by atoms with Gasteiger partial charge in [0.15, 0.2) is 5.13 Å². The molecule has 0 fully saturated rings. The Hall–Kier alpha value is -2.42. The number of anilines is 1. The molecule has 0 spiro atoms. The van der Waals surface area contributed by atoms with Crippen molar-refractivity contribution in [1.29, 1.82) is 0 Å². The number of primary amides is 1. The summed E-state index contributed by atoms with van der Waals surface area (Å²) >= 11 is 7.03. The SMILES string of the molecule is NC(=O)c1ccc(S(=O)(=O)N(Cc2ccc(CCl)cc2)c2nccs2)cc1. The second-order valence-electron chi connectivity index (χ2n) is 5.67. The highest BCUT2D eigenvalue weighted by Gasteiger charge is 2.27. The number of sulfonamides is 1. The van der Waals surface area contributed by atoms with Crippen LogP contribution in [-0.2, 0) is 22.4 Å². The van der Waals surface area contributed by atoms with Crippen molar-refractivity contribution in [3.63, 3.8) is 0 Å². The van der Waals surface area contributed by atoms with Gasteiger partial charge in [-0.15, -0.1) is 22.9 Å². The number of amides is 1. The van der Waals surface area contributed by atoms with Crippen LogP contribution in [-0.4, -0.2) is 19.3 Å². The van der Waals surface area contributed by atoms with Gasteiger partial charge in [-0.1, -0.05) is 24.3 Å². The van der Waals surface area contributed by atoms with Gasteiger partial charge in [-0.05, 0) is 35.4 Å². The van der Waals surface area contributed by atoms with Gasteiger partial charge < -0.3 is 5.73 Å². The lowest BCUT2D eigenvalue weighted by Crippen LogP contribution is -2.30. The van der Waals surface area contributed by atoms with Gasteiger partial charge in [0.2, 0.25) is 5.91 Å². The molecule has 1 amide bonds. The van der Waals surface area contributed by atoms with Crippen molar-refractivity contribution < 1.29 is 13.2 Å². The molecule has 0 aliphatic carbocycles. The fourth-order valence-corrected chi connectivity index (χ4v) is 4.87. The molecular formula is C18H16ClN3O3S2. The first-order valence-electron chi connectivity index (χ1n) is 7.87. The van der Waals surface area contributed by atoms with Crippen molar-refractivity contribution in [1.82, 2.24) is 4.98 Å². The van der Waals surface area contributed by atoms with Gasteiger partial charge in [0.05, 0.1) is 11.4 Å². The lowest BCUT2D eigenvalue weighted by Gasteiger charge is -2.22. The lowest BCUT2D eigenvalue weighted by atomic mass is 10.1. The minimum Gasteiger partial charge on any atom is -0.366 e. The summed E-state index contributed by atoms with van der Waals surface area (Å²) in [5.74, 6) is -0.226. The van der Waals surface area contributed by atoms with Gasteiger partial charge in [0, 0.05) is 23.0 Å². The standard InChI is InChI=1S/C18H16ClN3O3S2/c19-11-13-1-3-14(4-2-13)12-22(18-21-9-10-26-18)27(24,25)16-7-5-15(6-8-16)17(20)23/h1-10H,11-12H2,(H2,20,23). The number of carbonyl (C=O) groups excluding carboxylic acids is 1. The molecule has 0 atom stereocenters. The van der Waals surface area contributed by atoms with Gasteiger partial charge in [-0.2, -0.15) is 0 Å². The number of aromatic nitrogens is 1. The van der Waals surface area contributed by atoms with Crippen molar-refractivity contribution in [2.24, 2.45) is 5.73 Å². The zero-order valence-electron chi connectivity index (χ0n) is 14.1. The topological polar surface area (TPSA) is 93.4 Å². The van der Waals surface area contributed by atoms with Crippen LogP contribution >= 0.6 is 22.9 Å². The Balaban J connectivity index is 1.97. The van der Waals surface area contributed by atoms with E-state index in [1.807, 2.05) is 24.3 Å². The highest BCUT2D eigenvalue weighted by Crippen LogP contribution is 2.28. The predicted octanol–water partition coefficient (Wildman–Crippen LogP) is 3.38. The molecule has 1 heterocycles. The number of rotatable bonds is 7. The van der Waals surface area contributed by atoms with E-state index in [1.54, 1.807) is 11.6 Å². The molecule has 0 radical (unpaired) electrons. The van der Waals surface area contributed by atoms with E-state index in [9.17, 15) is 13.2 Å². The van der Waals surface area contributed by atoms with Gasteiger partial charge in [-0.25, -0.2) is 17.7 Å². The van der Waals surface area contributed by atoms with Gasteiger partial charge in [0.1, 0.15) is 0 Å². The van der Waals surface area contributed by atoms with Crippen LogP contribution in [0.25, 0.3) is 0 Å². The number of benzene rings is 2. The van der Waals surface area contributed by atoms with Crippen molar-refractivity contribution in [3.8, 4) is 0 Å². The highest BCUT2D eigenvalue weighted by molar-refractivity contribution is 7.93. The van der Waals surface area contributed by atoms with Crippen LogP contribution < -0.4 is 10.0 Å². The first-order chi connectivity index (χ1) is 12.9.